The Morgan fingerprint density at radius 1 is 1.12 bits per heavy atom. The van der Waals surface area contributed by atoms with E-state index in [0.29, 0.717) is 11.3 Å². The number of aromatic nitrogens is 1. The van der Waals surface area contributed by atoms with Crippen LogP contribution in [0.15, 0.2) is 60.7 Å². The highest BCUT2D eigenvalue weighted by Crippen LogP contribution is 2.54. The minimum Gasteiger partial charge on any atom is -0.480 e. The van der Waals surface area contributed by atoms with E-state index in [9.17, 15) is 19.4 Å². The van der Waals surface area contributed by atoms with Crippen LogP contribution in [0.5, 0.6) is 0 Å². The predicted molar refractivity (Wildman–Crippen MR) is 93.7 cm³/mol. The van der Waals surface area contributed by atoms with Gasteiger partial charge in [0.25, 0.3) is 0 Å². The van der Waals surface area contributed by atoms with Crippen molar-refractivity contribution < 1.29 is 19.4 Å². The van der Waals surface area contributed by atoms with Crippen LogP contribution in [0.3, 0.4) is 0 Å². The van der Waals surface area contributed by atoms with E-state index in [1.807, 2.05) is 30.3 Å². The normalized spacial score (nSPS) is 16.4. The molecule has 3 unspecified atom stereocenters. The van der Waals surface area contributed by atoms with E-state index < -0.39 is 25.1 Å². The van der Waals surface area contributed by atoms with Crippen molar-refractivity contribution >= 4 is 24.9 Å². The molecular formula is C18H18NO4P. The summed E-state index contributed by atoms with van der Waals surface area (Å²) in [5.74, 6) is -2.01. The fraction of sp³-hybridized carbons (Fsp3) is 0.167. The highest BCUT2D eigenvalue weighted by molar-refractivity contribution is 7.41. The van der Waals surface area contributed by atoms with Crippen LogP contribution in [0, 0.1) is 0 Å². The molecule has 0 radical (unpaired) electrons. The maximum absolute atomic E-state index is 12.3. The van der Waals surface area contributed by atoms with E-state index in [0.717, 1.165) is 10.9 Å². The third-order valence-corrected chi connectivity index (χ3v) is 6.18. The zero-order valence-corrected chi connectivity index (χ0v) is 14.1. The van der Waals surface area contributed by atoms with Crippen LogP contribution in [0.1, 0.15) is 24.1 Å². The molecule has 1 heterocycles. The number of nitrogens with one attached hydrogen (secondary N) is 1. The average Bonchev–Trinajstić information content (AvgIpc) is 2.99. The summed E-state index contributed by atoms with van der Waals surface area (Å²) < 4.78 is 12.3. The lowest BCUT2D eigenvalue weighted by atomic mass is 9.84. The molecule has 124 valence electrons. The lowest BCUT2D eigenvalue weighted by molar-refractivity contribution is -0.141. The van der Waals surface area contributed by atoms with Gasteiger partial charge in [-0.1, -0.05) is 55.5 Å². The highest BCUT2D eigenvalue weighted by Gasteiger charge is 2.51. The Morgan fingerprint density at radius 3 is 2.33 bits per heavy atom. The van der Waals surface area contributed by atoms with Crippen molar-refractivity contribution in [1.82, 2.24) is 4.98 Å². The molecule has 0 aliphatic carbocycles. The van der Waals surface area contributed by atoms with Crippen LogP contribution >= 0.6 is 8.03 Å². The van der Waals surface area contributed by atoms with E-state index >= 15 is 0 Å². The second-order valence-electron chi connectivity index (χ2n) is 5.82. The predicted octanol–water partition coefficient (Wildman–Crippen LogP) is 3.72. The standard InChI is InChI=1S/C18H18NO4P/c1-12(16-11-13-7-5-6-10-15(13)19-16)18(17(20)21,24(22)23)14-8-3-2-4-9-14/h2-12,19,24H,1H3,(H,20,21)(H,22,23). The molecule has 0 aliphatic rings. The van der Waals surface area contributed by atoms with Crippen LogP contribution in [-0.4, -0.2) is 21.0 Å². The number of carboxylic acids is 1. The van der Waals surface area contributed by atoms with Crippen molar-refractivity contribution in [2.45, 2.75) is 18.0 Å². The lowest BCUT2D eigenvalue weighted by Crippen LogP contribution is -2.37. The molecule has 0 amide bonds. The third-order valence-electron chi connectivity index (χ3n) is 4.57. The molecular weight excluding hydrogens is 325 g/mol. The monoisotopic (exact) mass is 343 g/mol. The third kappa shape index (κ3) is 2.46. The van der Waals surface area contributed by atoms with Gasteiger partial charge in [0, 0.05) is 17.1 Å². The van der Waals surface area contributed by atoms with Crippen molar-refractivity contribution in [1.29, 1.82) is 0 Å². The number of carboxylic acid groups (broad SMARTS) is 1. The molecule has 0 aliphatic heterocycles. The first-order chi connectivity index (χ1) is 11.5. The smallest absolute Gasteiger partial charge is 0.324 e. The Kier molecular flexibility index (Phi) is 4.31. The van der Waals surface area contributed by atoms with E-state index in [1.54, 1.807) is 37.3 Å². The number of hydrogen-bond donors (Lipinski definition) is 3. The van der Waals surface area contributed by atoms with E-state index in [2.05, 4.69) is 4.98 Å². The Morgan fingerprint density at radius 2 is 1.75 bits per heavy atom. The van der Waals surface area contributed by atoms with Gasteiger partial charge in [-0.3, -0.25) is 9.36 Å². The Bertz CT molecular complexity index is 857. The van der Waals surface area contributed by atoms with Gasteiger partial charge in [0.2, 0.25) is 8.03 Å². The first-order valence-corrected chi connectivity index (χ1v) is 8.93. The zero-order chi connectivity index (χ0) is 17.3. The van der Waals surface area contributed by atoms with Crippen LogP contribution in [0.25, 0.3) is 10.9 Å². The van der Waals surface area contributed by atoms with Crippen LogP contribution in [0.2, 0.25) is 0 Å². The summed E-state index contributed by atoms with van der Waals surface area (Å²) >= 11 is 0. The number of aliphatic carboxylic acids is 1. The van der Waals surface area contributed by atoms with Gasteiger partial charge in [0.05, 0.1) is 0 Å². The molecule has 3 atom stereocenters. The molecule has 2 aromatic carbocycles. The van der Waals surface area contributed by atoms with Crippen molar-refractivity contribution in [3.63, 3.8) is 0 Å². The number of para-hydroxylation sites is 1. The summed E-state index contributed by atoms with van der Waals surface area (Å²) in [7, 11) is -3.44. The lowest BCUT2D eigenvalue weighted by Gasteiger charge is -2.32. The Balaban J connectivity index is 2.21. The Labute approximate surface area is 139 Å². The number of aromatic amines is 1. The summed E-state index contributed by atoms with van der Waals surface area (Å²) in [6.45, 7) is 1.67. The van der Waals surface area contributed by atoms with Crippen molar-refractivity contribution in [2.75, 3.05) is 0 Å². The molecule has 5 nitrogen and oxygen atoms in total. The maximum atomic E-state index is 12.3. The van der Waals surface area contributed by atoms with Crippen molar-refractivity contribution in [3.05, 3.63) is 71.9 Å². The molecule has 3 rings (SSSR count). The van der Waals surface area contributed by atoms with Crippen molar-refractivity contribution in [3.8, 4) is 0 Å². The minimum atomic E-state index is -3.44. The molecule has 1 aromatic heterocycles. The van der Waals surface area contributed by atoms with Gasteiger partial charge < -0.3 is 15.0 Å². The SMILES string of the molecule is CC(c1cc2ccccc2[nH]1)C(C(=O)O)(c1ccccc1)[PH](=O)O. The topological polar surface area (TPSA) is 90.4 Å². The van der Waals surface area contributed by atoms with Crippen LogP contribution in [-0.2, 0) is 14.5 Å². The molecule has 3 aromatic rings. The van der Waals surface area contributed by atoms with Gasteiger partial charge in [-0.15, -0.1) is 0 Å². The number of hydrogen-bond acceptors (Lipinski definition) is 2. The van der Waals surface area contributed by atoms with Crippen molar-refractivity contribution in [2.24, 2.45) is 0 Å². The van der Waals surface area contributed by atoms with Gasteiger partial charge >= 0.3 is 5.97 Å². The quantitative estimate of drug-likeness (QED) is 0.616. The van der Waals surface area contributed by atoms with Gasteiger partial charge in [0.1, 0.15) is 0 Å². The number of fused-ring (bicyclic) bond motifs is 1. The zero-order valence-electron chi connectivity index (χ0n) is 13.1. The van der Waals surface area contributed by atoms with Gasteiger partial charge in [-0.25, -0.2) is 0 Å². The maximum Gasteiger partial charge on any atom is 0.324 e. The largest absolute Gasteiger partial charge is 0.480 e. The van der Waals surface area contributed by atoms with Gasteiger partial charge in [0.15, 0.2) is 5.16 Å². The van der Waals surface area contributed by atoms with Gasteiger partial charge in [-0.05, 0) is 23.1 Å². The molecule has 0 bridgehead atoms. The summed E-state index contributed by atoms with van der Waals surface area (Å²) in [5.41, 5.74) is 1.81. The highest BCUT2D eigenvalue weighted by atomic mass is 31.1. The van der Waals surface area contributed by atoms with Crippen LogP contribution in [0.4, 0.5) is 0 Å². The first-order valence-electron chi connectivity index (χ1n) is 7.58. The fourth-order valence-electron chi connectivity index (χ4n) is 3.22. The summed E-state index contributed by atoms with van der Waals surface area (Å²) in [4.78, 5) is 25.4. The number of H-pyrrole nitrogens is 1. The van der Waals surface area contributed by atoms with Gasteiger partial charge in [-0.2, -0.15) is 0 Å². The molecule has 0 spiro atoms. The molecule has 3 N–H and O–H groups in total. The molecule has 24 heavy (non-hydrogen) atoms. The Hall–Kier alpha value is -2.36. The molecule has 6 heteroatoms. The second-order valence-corrected chi connectivity index (χ2v) is 7.22. The first kappa shape index (κ1) is 16.5. The number of rotatable bonds is 5. The molecule has 0 saturated carbocycles. The summed E-state index contributed by atoms with van der Waals surface area (Å²) in [5, 5.41) is 8.96. The average molecular weight is 343 g/mol. The fourth-order valence-corrected chi connectivity index (χ4v) is 4.34. The molecule has 0 fully saturated rings. The van der Waals surface area contributed by atoms with E-state index in [1.165, 1.54) is 0 Å². The second kappa shape index (κ2) is 6.27. The minimum absolute atomic E-state index is 0.329. The summed E-state index contributed by atoms with van der Waals surface area (Å²) in [6, 6.07) is 17.7. The molecule has 0 saturated heterocycles. The van der Waals surface area contributed by atoms with Crippen LogP contribution < -0.4 is 0 Å². The van der Waals surface area contributed by atoms with E-state index in [-0.39, 0.29) is 0 Å². The van der Waals surface area contributed by atoms with E-state index in [4.69, 9.17) is 0 Å². The summed E-state index contributed by atoms with van der Waals surface area (Å²) in [6.07, 6.45) is 0. The number of carbonyl (C=O) groups is 1. The number of benzene rings is 2.